The minimum atomic E-state index is -1.04. The molecular weight excluding hydrogens is 282 g/mol. The molecule has 0 bridgehead atoms. The van der Waals surface area contributed by atoms with Crippen LogP contribution in [0.3, 0.4) is 0 Å². The first-order valence-electron chi connectivity index (χ1n) is 6.08. The van der Waals surface area contributed by atoms with Crippen LogP contribution in [0.25, 0.3) is 0 Å². The van der Waals surface area contributed by atoms with Crippen LogP contribution >= 0.6 is 11.8 Å². The number of carbonyl (C=O) groups is 2. The Hall–Kier alpha value is -1.77. The average molecular weight is 301 g/mol. The van der Waals surface area contributed by atoms with Crippen LogP contribution < -0.4 is 10.6 Å². The molecule has 20 heavy (non-hydrogen) atoms. The number of nitrogens with zero attached hydrogens (tertiary/aromatic N) is 3. The standard InChI is InChI=1S/C11H19N5O3S/c1-7(9-15-12-6-16(9)2)13-11(19)14-8(10(17)18)4-5-20-3/h6-8H,4-5H2,1-3H3,(H,17,18)(H2,13,14,19). The second-order valence-corrected chi connectivity index (χ2v) is 5.30. The maximum atomic E-state index is 11.8. The molecule has 9 heteroatoms. The number of urea groups is 1. The minimum Gasteiger partial charge on any atom is -0.480 e. The Bertz CT molecular complexity index is 465. The maximum Gasteiger partial charge on any atom is 0.326 e. The molecule has 2 unspecified atom stereocenters. The third kappa shape index (κ3) is 4.72. The van der Waals surface area contributed by atoms with Crippen molar-refractivity contribution in [2.75, 3.05) is 12.0 Å². The predicted molar refractivity (Wildman–Crippen MR) is 75.5 cm³/mol. The summed E-state index contributed by atoms with van der Waals surface area (Å²) in [5.41, 5.74) is 0. The highest BCUT2D eigenvalue weighted by atomic mass is 32.2. The second kappa shape index (κ2) is 7.73. The number of carboxylic acid groups (broad SMARTS) is 1. The van der Waals surface area contributed by atoms with Gasteiger partial charge in [0.05, 0.1) is 6.04 Å². The third-order valence-corrected chi connectivity index (χ3v) is 3.34. The summed E-state index contributed by atoms with van der Waals surface area (Å²) in [5, 5.41) is 21.7. The molecule has 2 amide bonds. The van der Waals surface area contributed by atoms with Crippen molar-refractivity contribution < 1.29 is 14.7 Å². The number of thioether (sulfide) groups is 1. The summed E-state index contributed by atoms with van der Waals surface area (Å²) in [6.07, 6.45) is 3.79. The van der Waals surface area contributed by atoms with Crippen molar-refractivity contribution in [3.8, 4) is 0 Å². The highest BCUT2D eigenvalue weighted by Gasteiger charge is 2.21. The van der Waals surface area contributed by atoms with Crippen molar-refractivity contribution in [3.63, 3.8) is 0 Å². The molecule has 1 aromatic rings. The van der Waals surface area contributed by atoms with E-state index in [0.29, 0.717) is 18.0 Å². The summed E-state index contributed by atoms with van der Waals surface area (Å²) in [5.74, 6) is 0.215. The van der Waals surface area contributed by atoms with Crippen LogP contribution in [0.5, 0.6) is 0 Å². The quantitative estimate of drug-likeness (QED) is 0.672. The molecule has 0 aliphatic carbocycles. The monoisotopic (exact) mass is 301 g/mol. The van der Waals surface area contributed by atoms with E-state index in [1.165, 1.54) is 18.1 Å². The molecule has 0 radical (unpaired) electrons. The summed E-state index contributed by atoms with van der Waals surface area (Å²) < 4.78 is 1.69. The summed E-state index contributed by atoms with van der Waals surface area (Å²) in [6.45, 7) is 1.75. The fraction of sp³-hybridized carbons (Fsp3) is 0.636. The van der Waals surface area contributed by atoms with Crippen molar-refractivity contribution in [1.82, 2.24) is 25.4 Å². The number of aromatic nitrogens is 3. The van der Waals surface area contributed by atoms with Crippen molar-refractivity contribution in [2.24, 2.45) is 7.05 Å². The Labute approximate surface area is 121 Å². The van der Waals surface area contributed by atoms with Gasteiger partial charge in [-0.15, -0.1) is 10.2 Å². The molecule has 8 nitrogen and oxygen atoms in total. The highest BCUT2D eigenvalue weighted by Crippen LogP contribution is 2.07. The summed E-state index contributed by atoms with van der Waals surface area (Å²) in [6, 6.07) is -1.79. The normalized spacial score (nSPS) is 13.6. The molecule has 0 aromatic carbocycles. The van der Waals surface area contributed by atoms with E-state index in [-0.39, 0.29) is 6.04 Å². The third-order valence-electron chi connectivity index (χ3n) is 2.70. The Morgan fingerprint density at radius 3 is 2.70 bits per heavy atom. The van der Waals surface area contributed by atoms with Gasteiger partial charge in [-0.25, -0.2) is 9.59 Å². The zero-order valence-corrected chi connectivity index (χ0v) is 12.5. The maximum absolute atomic E-state index is 11.8. The van der Waals surface area contributed by atoms with Crippen LogP contribution in [0.15, 0.2) is 6.33 Å². The lowest BCUT2D eigenvalue weighted by molar-refractivity contribution is -0.139. The minimum absolute atomic E-state index is 0.363. The first kappa shape index (κ1) is 16.3. The van der Waals surface area contributed by atoms with Crippen LogP contribution in [0.4, 0.5) is 4.79 Å². The molecule has 1 aromatic heterocycles. The SMILES string of the molecule is CSCCC(NC(=O)NC(C)c1nncn1C)C(=O)O. The molecule has 3 N–H and O–H groups in total. The number of hydrogen-bond donors (Lipinski definition) is 3. The van der Waals surface area contributed by atoms with Gasteiger partial charge < -0.3 is 20.3 Å². The van der Waals surface area contributed by atoms with Crippen molar-refractivity contribution in [1.29, 1.82) is 0 Å². The topological polar surface area (TPSA) is 109 Å². The van der Waals surface area contributed by atoms with E-state index in [9.17, 15) is 9.59 Å². The molecule has 0 saturated heterocycles. The number of aryl methyl sites for hydroxylation is 1. The first-order valence-corrected chi connectivity index (χ1v) is 7.47. The lowest BCUT2D eigenvalue weighted by Crippen LogP contribution is -2.47. The van der Waals surface area contributed by atoms with Gasteiger partial charge in [0, 0.05) is 7.05 Å². The lowest BCUT2D eigenvalue weighted by Gasteiger charge is -2.17. The Morgan fingerprint density at radius 2 is 2.20 bits per heavy atom. The van der Waals surface area contributed by atoms with Gasteiger partial charge in [-0.05, 0) is 25.4 Å². The van der Waals surface area contributed by atoms with Crippen LogP contribution in [-0.2, 0) is 11.8 Å². The fourth-order valence-corrected chi connectivity index (χ4v) is 2.11. The number of amides is 2. The predicted octanol–water partition coefficient (Wildman–Crippen LogP) is 0.382. The zero-order chi connectivity index (χ0) is 15.1. The van der Waals surface area contributed by atoms with Crippen molar-refractivity contribution in [2.45, 2.75) is 25.4 Å². The summed E-state index contributed by atoms with van der Waals surface area (Å²) in [7, 11) is 1.77. The van der Waals surface area contributed by atoms with Gasteiger partial charge in [0.25, 0.3) is 0 Å². The van der Waals surface area contributed by atoms with Gasteiger partial charge in [0.2, 0.25) is 0 Å². The Morgan fingerprint density at radius 1 is 1.50 bits per heavy atom. The lowest BCUT2D eigenvalue weighted by atomic mass is 10.2. The number of hydrogen-bond acceptors (Lipinski definition) is 5. The molecule has 1 rings (SSSR count). The number of carboxylic acids is 1. The number of carbonyl (C=O) groups excluding carboxylic acids is 1. The number of aliphatic carboxylic acids is 1. The molecule has 0 fully saturated rings. The Balaban J connectivity index is 2.53. The first-order chi connectivity index (χ1) is 9.45. The van der Waals surface area contributed by atoms with Crippen molar-refractivity contribution >= 4 is 23.8 Å². The zero-order valence-electron chi connectivity index (χ0n) is 11.7. The molecule has 0 aliphatic heterocycles. The van der Waals surface area contributed by atoms with Crippen LogP contribution in [-0.4, -0.2) is 49.9 Å². The van der Waals surface area contributed by atoms with Crippen LogP contribution in [0.2, 0.25) is 0 Å². The van der Waals surface area contributed by atoms with Gasteiger partial charge >= 0.3 is 12.0 Å². The highest BCUT2D eigenvalue weighted by molar-refractivity contribution is 7.98. The van der Waals surface area contributed by atoms with Gasteiger partial charge in [-0.2, -0.15) is 11.8 Å². The van der Waals surface area contributed by atoms with E-state index in [2.05, 4.69) is 20.8 Å². The number of rotatable bonds is 7. The van der Waals surface area contributed by atoms with Gasteiger partial charge in [-0.3, -0.25) is 0 Å². The smallest absolute Gasteiger partial charge is 0.326 e. The van der Waals surface area contributed by atoms with E-state index >= 15 is 0 Å². The molecule has 1 heterocycles. The molecule has 0 spiro atoms. The molecular formula is C11H19N5O3S. The Kier molecular flexibility index (Phi) is 6.29. The van der Waals surface area contributed by atoms with Gasteiger partial charge in [-0.1, -0.05) is 0 Å². The molecule has 0 saturated carbocycles. The average Bonchev–Trinajstić information content (AvgIpc) is 2.80. The summed E-state index contributed by atoms with van der Waals surface area (Å²) in [4.78, 5) is 22.8. The molecule has 0 aliphatic rings. The van der Waals surface area contributed by atoms with E-state index in [0.717, 1.165) is 0 Å². The summed E-state index contributed by atoms with van der Waals surface area (Å²) >= 11 is 1.53. The van der Waals surface area contributed by atoms with E-state index < -0.39 is 18.0 Å². The number of nitrogens with one attached hydrogen (secondary N) is 2. The molecule has 112 valence electrons. The molecule has 2 atom stereocenters. The van der Waals surface area contributed by atoms with Gasteiger partial charge in [0.15, 0.2) is 5.82 Å². The van der Waals surface area contributed by atoms with Crippen molar-refractivity contribution in [3.05, 3.63) is 12.2 Å². The van der Waals surface area contributed by atoms with Crippen LogP contribution in [0, 0.1) is 0 Å². The largest absolute Gasteiger partial charge is 0.480 e. The van der Waals surface area contributed by atoms with E-state index in [1.807, 2.05) is 6.26 Å². The van der Waals surface area contributed by atoms with E-state index in [1.54, 1.807) is 18.5 Å². The van der Waals surface area contributed by atoms with Gasteiger partial charge in [0.1, 0.15) is 12.4 Å². The van der Waals surface area contributed by atoms with Crippen LogP contribution in [0.1, 0.15) is 25.2 Å². The second-order valence-electron chi connectivity index (χ2n) is 4.31. The van der Waals surface area contributed by atoms with E-state index in [4.69, 9.17) is 5.11 Å². The fourth-order valence-electron chi connectivity index (χ4n) is 1.64.